The minimum atomic E-state index is 0.0241. The predicted octanol–water partition coefficient (Wildman–Crippen LogP) is 4.02. The van der Waals surface area contributed by atoms with Crippen LogP contribution in [0.4, 0.5) is 0 Å². The molecule has 0 saturated carbocycles. The fourth-order valence-corrected chi connectivity index (χ4v) is 1.81. The summed E-state index contributed by atoms with van der Waals surface area (Å²) in [5, 5.41) is 0. The number of hydrogen-bond donors (Lipinski definition) is 0. The molecule has 0 atom stereocenters. The Morgan fingerprint density at radius 3 is 2.17 bits per heavy atom. The van der Waals surface area contributed by atoms with E-state index >= 15 is 0 Å². The van der Waals surface area contributed by atoms with Crippen molar-refractivity contribution in [2.24, 2.45) is 0 Å². The normalized spacial score (nSPS) is 11.3. The zero-order valence-electron chi connectivity index (χ0n) is 11.0. The summed E-state index contributed by atoms with van der Waals surface area (Å²) in [4.78, 5) is 12.2. The highest BCUT2D eigenvalue weighted by Crippen LogP contribution is 2.22. The quantitative estimate of drug-likeness (QED) is 0.721. The summed E-state index contributed by atoms with van der Waals surface area (Å²) < 4.78 is 0. The first-order chi connectivity index (χ1) is 8.48. The SMILES string of the molecule is CC(C)(C)c1ccc(C(=O)c2[c]cccc2)cc1. The third-order valence-corrected chi connectivity index (χ3v) is 2.97. The van der Waals surface area contributed by atoms with E-state index in [1.54, 1.807) is 12.1 Å². The molecule has 2 aromatic carbocycles. The van der Waals surface area contributed by atoms with Crippen molar-refractivity contribution in [3.8, 4) is 0 Å². The molecule has 0 saturated heterocycles. The second kappa shape index (κ2) is 4.77. The van der Waals surface area contributed by atoms with Crippen LogP contribution < -0.4 is 0 Å². The number of carbonyl (C=O) groups is 1. The van der Waals surface area contributed by atoms with Gasteiger partial charge in [0.05, 0.1) is 0 Å². The van der Waals surface area contributed by atoms with Gasteiger partial charge in [0, 0.05) is 11.1 Å². The molecule has 1 nitrogen and oxygen atoms in total. The van der Waals surface area contributed by atoms with Gasteiger partial charge < -0.3 is 0 Å². The molecule has 0 bridgehead atoms. The molecule has 0 aliphatic carbocycles. The molecule has 0 aromatic heterocycles. The number of carbonyl (C=O) groups excluding carboxylic acids is 1. The van der Waals surface area contributed by atoms with Gasteiger partial charge in [-0.05, 0) is 17.0 Å². The van der Waals surface area contributed by atoms with Crippen molar-refractivity contribution in [2.75, 3.05) is 0 Å². The van der Waals surface area contributed by atoms with Crippen molar-refractivity contribution in [1.82, 2.24) is 0 Å². The Balaban J connectivity index is 2.28. The molecule has 1 heteroatoms. The first-order valence-corrected chi connectivity index (χ1v) is 6.10. The topological polar surface area (TPSA) is 17.1 Å². The lowest BCUT2D eigenvalue weighted by atomic mass is 9.86. The van der Waals surface area contributed by atoms with Crippen LogP contribution in [0.15, 0.2) is 48.5 Å². The maximum atomic E-state index is 12.2. The Kier molecular flexibility index (Phi) is 3.33. The van der Waals surface area contributed by atoms with E-state index in [9.17, 15) is 4.79 Å². The summed E-state index contributed by atoms with van der Waals surface area (Å²) in [6.45, 7) is 6.48. The molecule has 0 unspecified atom stereocenters. The van der Waals surface area contributed by atoms with E-state index in [2.05, 4.69) is 26.8 Å². The number of rotatable bonds is 2. The summed E-state index contributed by atoms with van der Waals surface area (Å²) in [7, 11) is 0. The van der Waals surface area contributed by atoms with Crippen LogP contribution in [0.25, 0.3) is 0 Å². The lowest BCUT2D eigenvalue weighted by Crippen LogP contribution is -2.11. The molecule has 0 heterocycles. The van der Waals surface area contributed by atoms with E-state index in [0.717, 1.165) is 0 Å². The van der Waals surface area contributed by atoms with Crippen LogP contribution in [-0.2, 0) is 5.41 Å². The largest absolute Gasteiger partial charge is 0.289 e. The third kappa shape index (κ3) is 2.67. The Hall–Kier alpha value is -1.89. The molecule has 2 rings (SSSR count). The summed E-state index contributed by atoms with van der Waals surface area (Å²) in [6, 6.07) is 18.1. The van der Waals surface area contributed by atoms with Gasteiger partial charge in [0.1, 0.15) is 0 Å². The molecular formula is C17H17O. The highest BCUT2D eigenvalue weighted by atomic mass is 16.1. The summed E-state index contributed by atoms with van der Waals surface area (Å²) >= 11 is 0. The van der Waals surface area contributed by atoms with E-state index in [0.29, 0.717) is 11.1 Å². The number of ketones is 1. The molecule has 0 spiro atoms. The van der Waals surface area contributed by atoms with Gasteiger partial charge in [-0.15, -0.1) is 0 Å². The van der Waals surface area contributed by atoms with Gasteiger partial charge in [-0.25, -0.2) is 0 Å². The van der Waals surface area contributed by atoms with Crippen LogP contribution in [-0.4, -0.2) is 5.78 Å². The van der Waals surface area contributed by atoms with Crippen molar-refractivity contribution >= 4 is 5.78 Å². The van der Waals surface area contributed by atoms with E-state index in [1.165, 1.54) is 5.56 Å². The summed E-state index contributed by atoms with van der Waals surface area (Å²) in [5.41, 5.74) is 2.67. The van der Waals surface area contributed by atoms with Crippen molar-refractivity contribution in [2.45, 2.75) is 26.2 Å². The number of hydrogen-bond acceptors (Lipinski definition) is 1. The van der Waals surface area contributed by atoms with Crippen molar-refractivity contribution in [3.63, 3.8) is 0 Å². The predicted molar refractivity (Wildman–Crippen MR) is 73.9 cm³/mol. The minimum Gasteiger partial charge on any atom is -0.289 e. The zero-order valence-corrected chi connectivity index (χ0v) is 11.0. The van der Waals surface area contributed by atoms with E-state index in [4.69, 9.17) is 0 Å². The first kappa shape index (κ1) is 12.6. The standard InChI is InChI=1S/C17H17O/c1-17(2,3)15-11-9-14(10-12-15)16(18)13-7-5-4-6-8-13/h4-7,9-12H,1-3H3. The molecular weight excluding hydrogens is 220 g/mol. The van der Waals surface area contributed by atoms with Gasteiger partial charge in [-0.3, -0.25) is 4.79 Å². The average molecular weight is 237 g/mol. The summed E-state index contributed by atoms with van der Waals surface area (Å²) in [5.74, 6) is 0.0241. The molecule has 1 radical (unpaired) electrons. The van der Waals surface area contributed by atoms with Crippen molar-refractivity contribution in [1.29, 1.82) is 0 Å². The first-order valence-electron chi connectivity index (χ1n) is 6.10. The van der Waals surface area contributed by atoms with Crippen LogP contribution in [0.5, 0.6) is 0 Å². The van der Waals surface area contributed by atoms with E-state index in [1.807, 2.05) is 36.4 Å². The molecule has 0 amide bonds. The molecule has 0 aliphatic heterocycles. The molecule has 18 heavy (non-hydrogen) atoms. The maximum absolute atomic E-state index is 12.2. The van der Waals surface area contributed by atoms with Gasteiger partial charge in [-0.2, -0.15) is 0 Å². The van der Waals surface area contributed by atoms with Crippen LogP contribution in [0.3, 0.4) is 0 Å². The van der Waals surface area contributed by atoms with Crippen LogP contribution in [0.2, 0.25) is 0 Å². The maximum Gasteiger partial charge on any atom is 0.193 e. The van der Waals surface area contributed by atoms with Crippen LogP contribution in [0, 0.1) is 6.07 Å². The van der Waals surface area contributed by atoms with E-state index in [-0.39, 0.29) is 11.2 Å². The average Bonchev–Trinajstić information content (AvgIpc) is 2.38. The van der Waals surface area contributed by atoms with E-state index < -0.39 is 0 Å². The fourth-order valence-electron chi connectivity index (χ4n) is 1.81. The van der Waals surface area contributed by atoms with Crippen molar-refractivity contribution in [3.05, 3.63) is 71.3 Å². The minimum absolute atomic E-state index is 0.0241. The number of benzene rings is 2. The van der Waals surface area contributed by atoms with Crippen LogP contribution in [0.1, 0.15) is 42.3 Å². The van der Waals surface area contributed by atoms with Crippen LogP contribution >= 0.6 is 0 Å². The molecule has 0 N–H and O–H groups in total. The zero-order chi connectivity index (χ0) is 13.2. The van der Waals surface area contributed by atoms with Gasteiger partial charge in [0.2, 0.25) is 0 Å². The Morgan fingerprint density at radius 1 is 1.00 bits per heavy atom. The molecule has 2 aromatic rings. The fraction of sp³-hybridized carbons (Fsp3) is 0.235. The lowest BCUT2D eigenvalue weighted by Gasteiger charge is -2.18. The molecule has 0 aliphatic rings. The lowest BCUT2D eigenvalue weighted by molar-refractivity contribution is 0.103. The van der Waals surface area contributed by atoms with Gasteiger partial charge in [0.15, 0.2) is 5.78 Å². The molecule has 91 valence electrons. The Morgan fingerprint density at radius 2 is 1.67 bits per heavy atom. The second-order valence-corrected chi connectivity index (χ2v) is 5.43. The molecule has 0 fully saturated rings. The van der Waals surface area contributed by atoms with Gasteiger partial charge in [-0.1, -0.05) is 69.3 Å². The Bertz CT molecular complexity index is 530. The third-order valence-electron chi connectivity index (χ3n) is 2.97. The highest BCUT2D eigenvalue weighted by molar-refractivity contribution is 6.08. The monoisotopic (exact) mass is 237 g/mol. The summed E-state index contributed by atoms with van der Waals surface area (Å²) in [6.07, 6.45) is 0. The highest BCUT2D eigenvalue weighted by Gasteiger charge is 2.14. The van der Waals surface area contributed by atoms with Crippen molar-refractivity contribution < 1.29 is 4.79 Å². The Labute approximate surface area is 108 Å². The smallest absolute Gasteiger partial charge is 0.193 e. The van der Waals surface area contributed by atoms with Gasteiger partial charge >= 0.3 is 0 Å². The second-order valence-electron chi connectivity index (χ2n) is 5.43. The van der Waals surface area contributed by atoms with Gasteiger partial charge in [0.25, 0.3) is 0 Å².